The van der Waals surface area contributed by atoms with E-state index in [2.05, 4.69) is 48.9 Å². The molecule has 9 heteroatoms. The Morgan fingerprint density at radius 2 is 2.06 bits per heavy atom. The van der Waals surface area contributed by atoms with E-state index in [0.29, 0.717) is 22.9 Å². The highest BCUT2D eigenvalue weighted by molar-refractivity contribution is 6.32. The first kappa shape index (κ1) is 24.2. The second-order valence-corrected chi connectivity index (χ2v) is 8.83. The van der Waals surface area contributed by atoms with Gasteiger partial charge in [0.15, 0.2) is 0 Å². The summed E-state index contributed by atoms with van der Waals surface area (Å²) >= 11 is 0. The zero-order chi connectivity index (χ0) is 24.9. The number of allylic oxidation sites excluding steroid dienone is 1. The third-order valence-corrected chi connectivity index (χ3v) is 5.79. The van der Waals surface area contributed by atoms with Crippen LogP contribution in [0.25, 0.3) is 16.9 Å². The predicted molar refractivity (Wildman–Crippen MR) is 139 cm³/mol. The van der Waals surface area contributed by atoms with Crippen LogP contribution in [-0.4, -0.2) is 76.2 Å². The summed E-state index contributed by atoms with van der Waals surface area (Å²) in [5, 5.41) is 7.42. The quantitative estimate of drug-likeness (QED) is 0.510. The fourth-order valence-corrected chi connectivity index (χ4v) is 3.88. The van der Waals surface area contributed by atoms with Crippen LogP contribution in [-0.2, 0) is 0 Å². The van der Waals surface area contributed by atoms with Crippen molar-refractivity contribution in [1.82, 2.24) is 30.0 Å². The number of likely N-dealkylation sites (tertiary alicyclic amines) is 1. The number of hydrogen-bond donors (Lipinski definition) is 1. The van der Waals surface area contributed by atoms with Crippen LogP contribution in [0, 0.1) is 6.92 Å². The van der Waals surface area contributed by atoms with Crippen molar-refractivity contribution in [2.45, 2.75) is 19.8 Å². The van der Waals surface area contributed by atoms with Crippen molar-refractivity contribution in [2.75, 3.05) is 33.7 Å². The van der Waals surface area contributed by atoms with E-state index in [0.717, 1.165) is 41.4 Å². The average molecular weight is 471 g/mol. The summed E-state index contributed by atoms with van der Waals surface area (Å²) in [6, 6.07) is 9.63. The summed E-state index contributed by atoms with van der Waals surface area (Å²) in [4.78, 5) is 32.9. The van der Waals surface area contributed by atoms with Gasteiger partial charge >= 0.3 is 0 Å². The molecule has 1 aliphatic rings. The smallest absolute Gasteiger partial charge is 0.251 e. The SMILES string of the molecule is C=C(C)N=CC(CNC(=O)c1cc(-c2ccc(C)cn2)cc(-n2ncnc2C2CN(C)C2)c1)=NC. The van der Waals surface area contributed by atoms with Crippen molar-refractivity contribution in [1.29, 1.82) is 0 Å². The van der Waals surface area contributed by atoms with Crippen LogP contribution in [0.3, 0.4) is 0 Å². The first-order chi connectivity index (χ1) is 16.8. The van der Waals surface area contributed by atoms with Crippen LogP contribution in [0.15, 0.2) is 65.1 Å². The molecule has 0 atom stereocenters. The van der Waals surface area contributed by atoms with Crippen molar-refractivity contribution in [3.05, 3.63) is 72.1 Å². The monoisotopic (exact) mass is 470 g/mol. The number of aliphatic imine (C=N–C) groups is 2. The molecular weight excluding hydrogens is 440 g/mol. The zero-order valence-corrected chi connectivity index (χ0v) is 20.6. The molecule has 0 aliphatic carbocycles. The minimum atomic E-state index is -0.227. The number of aryl methyl sites for hydroxylation is 1. The second kappa shape index (κ2) is 10.5. The van der Waals surface area contributed by atoms with Crippen molar-refractivity contribution in [2.24, 2.45) is 9.98 Å². The summed E-state index contributed by atoms with van der Waals surface area (Å²) in [5.74, 6) is 0.965. The first-order valence-corrected chi connectivity index (χ1v) is 11.4. The Morgan fingerprint density at radius 3 is 2.71 bits per heavy atom. The highest BCUT2D eigenvalue weighted by Gasteiger charge is 2.29. The summed E-state index contributed by atoms with van der Waals surface area (Å²) < 4.78 is 1.82. The highest BCUT2D eigenvalue weighted by Crippen LogP contribution is 2.28. The molecule has 0 unspecified atom stereocenters. The minimum Gasteiger partial charge on any atom is -0.346 e. The molecule has 1 N–H and O–H groups in total. The third-order valence-electron chi connectivity index (χ3n) is 5.79. The fraction of sp³-hybridized carbons (Fsp3) is 0.308. The van der Waals surface area contributed by atoms with E-state index in [-0.39, 0.29) is 12.5 Å². The van der Waals surface area contributed by atoms with Gasteiger partial charge in [0.1, 0.15) is 12.2 Å². The van der Waals surface area contributed by atoms with Gasteiger partial charge in [-0.05, 0) is 50.7 Å². The number of likely N-dealkylation sites (N-methyl/N-ethyl adjacent to an activating group) is 1. The van der Waals surface area contributed by atoms with E-state index >= 15 is 0 Å². The molecule has 180 valence electrons. The van der Waals surface area contributed by atoms with Crippen LogP contribution < -0.4 is 5.32 Å². The summed E-state index contributed by atoms with van der Waals surface area (Å²) in [7, 11) is 3.75. The lowest BCUT2D eigenvalue weighted by atomic mass is 10.00. The zero-order valence-electron chi connectivity index (χ0n) is 20.6. The van der Waals surface area contributed by atoms with Crippen molar-refractivity contribution < 1.29 is 4.79 Å². The molecule has 0 radical (unpaired) electrons. The second-order valence-electron chi connectivity index (χ2n) is 8.83. The van der Waals surface area contributed by atoms with E-state index in [1.165, 1.54) is 0 Å². The Kier molecular flexibility index (Phi) is 7.26. The Bertz CT molecular complexity index is 1280. The lowest BCUT2D eigenvalue weighted by Crippen LogP contribution is -2.43. The Morgan fingerprint density at radius 1 is 1.26 bits per heavy atom. The topological polar surface area (TPSA) is 101 Å². The number of amides is 1. The molecule has 4 rings (SSSR count). The van der Waals surface area contributed by atoms with Gasteiger partial charge in [0.05, 0.1) is 23.6 Å². The molecular formula is C26H30N8O. The molecule has 3 heterocycles. The number of aromatic nitrogens is 4. The number of pyridine rings is 1. The normalized spacial score (nSPS) is 14.8. The van der Waals surface area contributed by atoms with Gasteiger partial charge in [-0.15, -0.1) is 0 Å². The standard InChI is InChI=1S/C26H30N8O/c1-17(2)28-12-22(27-4)13-30-26(35)20-8-19(24-7-6-18(3)11-29-24)9-23(10-20)34-25(31-16-32-34)21-14-33(5)15-21/h6-12,16,21H,1,13-15H2,2-5H3,(H,30,35). The third kappa shape index (κ3) is 5.75. The molecule has 3 aromatic rings. The van der Waals surface area contributed by atoms with Gasteiger partial charge in [0, 0.05) is 55.3 Å². The fourth-order valence-electron chi connectivity index (χ4n) is 3.88. The van der Waals surface area contributed by atoms with Crippen molar-refractivity contribution >= 4 is 17.8 Å². The molecule has 9 nitrogen and oxygen atoms in total. The van der Waals surface area contributed by atoms with Gasteiger partial charge in [-0.1, -0.05) is 12.6 Å². The largest absolute Gasteiger partial charge is 0.346 e. The first-order valence-electron chi connectivity index (χ1n) is 11.4. The maximum atomic E-state index is 13.2. The van der Waals surface area contributed by atoms with E-state index in [9.17, 15) is 4.79 Å². The number of nitrogens with one attached hydrogen (secondary N) is 1. The molecule has 0 spiro atoms. The number of carbonyl (C=O) groups is 1. The predicted octanol–water partition coefficient (Wildman–Crippen LogP) is 3.07. The Hall–Kier alpha value is -3.98. The van der Waals surface area contributed by atoms with Gasteiger partial charge in [0.2, 0.25) is 0 Å². The van der Waals surface area contributed by atoms with E-state index in [4.69, 9.17) is 0 Å². The molecule has 2 aromatic heterocycles. The molecule has 0 bridgehead atoms. The Labute approximate surface area is 205 Å². The number of carbonyl (C=O) groups excluding carboxylic acids is 1. The van der Waals surface area contributed by atoms with E-state index < -0.39 is 0 Å². The molecule has 0 saturated carbocycles. The number of nitrogens with zero attached hydrogens (tertiary/aromatic N) is 7. The van der Waals surface area contributed by atoms with Crippen LogP contribution in [0.2, 0.25) is 0 Å². The lowest BCUT2D eigenvalue weighted by Gasteiger charge is -2.35. The maximum absolute atomic E-state index is 13.2. The Balaban J connectivity index is 1.67. The minimum absolute atomic E-state index is 0.227. The molecule has 1 aromatic carbocycles. The molecule has 1 saturated heterocycles. The van der Waals surface area contributed by atoms with Gasteiger partial charge in [-0.3, -0.25) is 19.8 Å². The van der Waals surface area contributed by atoms with Gasteiger partial charge in [-0.2, -0.15) is 5.10 Å². The number of benzene rings is 1. The van der Waals surface area contributed by atoms with Crippen LogP contribution in [0.5, 0.6) is 0 Å². The van der Waals surface area contributed by atoms with Crippen LogP contribution in [0.4, 0.5) is 0 Å². The summed E-state index contributed by atoms with van der Waals surface area (Å²) in [5.41, 5.74) is 5.25. The summed E-state index contributed by atoms with van der Waals surface area (Å²) in [6.07, 6.45) is 4.99. The number of rotatable bonds is 8. The molecule has 1 amide bonds. The van der Waals surface area contributed by atoms with E-state index in [1.54, 1.807) is 26.5 Å². The maximum Gasteiger partial charge on any atom is 0.251 e. The number of hydrogen-bond acceptors (Lipinski definition) is 7. The molecule has 35 heavy (non-hydrogen) atoms. The average Bonchev–Trinajstić information content (AvgIpc) is 3.31. The van der Waals surface area contributed by atoms with Crippen molar-refractivity contribution in [3.63, 3.8) is 0 Å². The molecule has 1 aliphatic heterocycles. The van der Waals surface area contributed by atoms with Crippen LogP contribution >= 0.6 is 0 Å². The lowest BCUT2D eigenvalue weighted by molar-refractivity contribution is 0.0959. The van der Waals surface area contributed by atoms with Gasteiger partial charge in [-0.25, -0.2) is 9.67 Å². The highest BCUT2D eigenvalue weighted by atomic mass is 16.1. The summed E-state index contributed by atoms with van der Waals surface area (Å²) in [6.45, 7) is 9.65. The van der Waals surface area contributed by atoms with Gasteiger partial charge < -0.3 is 10.2 Å². The molecule has 1 fully saturated rings. The van der Waals surface area contributed by atoms with Crippen LogP contribution in [0.1, 0.15) is 34.6 Å². The van der Waals surface area contributed by atoms with Gasteiger partial charge in [0.25, 0.3) is 5.91 Å². The van der Waals surface area contributed by atoms with Crippen molar-refractivity contribution in [3.8, 4) is 16.9 Å². The van der Waals surface area contributed by atoms with E-state index in [1.807, 2.05) is 48.1 Å².